The number of carbonyl (C=O) groups excluding carboxylic acids is 1. The van der Waals surface area contributed by atoms with Crippen molar-refractivity contribution in [1.29, 1.82) is 0 Å². The van der Waals surface area contributed by atoms with E-state index in [1.165, 1.54) is 24.7 Å². The molecule has 1 saturated heterocycles. The third kappa shape index (κ3) is 5.76. The molecular weight excluding hydrogens is 338 g/mol. The molecule has 6 heteroatoms. The van der Waals surface area contributed by atoms with E-state index in [4.69, 9.17) is 0 Å². The van der Waals surface area contributed by atoms with Gasteiger partial charge in [-0.05, 0) is 12.0 Å². The zero-order valence-corrected chi connectivity index (χ0v) is 16.1. The Hall–Kier alpha value is -2.47. The highest BCUT2D eigenvalue weighted by atomic mass is 16.2. The highest BCUT2D eigenvalue weighted by molar-refractivity contribution is 5.93. The van der Waals surface area contributed by atoms with Gasteiger partial charge in [0.15, 0.2) is 0 Å². The van der Waals surface area contributed by atoms with Gasteiger partial charge in [-0.15, -0.1) is 0 Å². The molecule has 1 aromatic heterocycles. The van der Waals surface area contributed by atoms with Crippen molar-refractivity contribution in [1.82, 2.24) is 19.8 Å². The maximum absolute atomic E-state index is 12.8. The Morgan fingerprint density at radius 1 is 1.07 bits per heavy atom. The van der Waals surface area contributed by atoms with Gasteiger partial charge in [-0.25, -0.2) is 9.97 Å². The van der Waals surface area contributed by atoms with Crippen LogP contribution in [0.5, 0.6) is 0 Å². The number of anilines is 1. The van der Waals surface area contributed by atoms with Gasteiger partial charge in [0.2, 0.25) is 0 Å². The summed E-state index contributed by atoms with van der Waals surface area (Å²) < 4.78 is 0. The van der Waals surface area contributed by atoms with Gasteiger partial charge < -0.3 is 10.2 Å². The summed E-state index contributed by atoms with van der Waals surface area (Å²) in [5.41, 5.74) is 1.78. The zero-order chi connectivity index (χ0) is 18.9. The highest BCUT2D eigenvalue weighted by Crippen LogP contribution is 2.12. The van der Waals surface area contributed by atoms with Gasteiger partial charge in [0, 0.05) is 45.3 Å². The molecule has 0 radical (unpaired) electrons. The molecule has 0 aliphatic carbocycles. The second kappa shape index (κ2) is 10.0. The van der Waals surface area contributed by atoms with Crippen LogP contribution in [0.3, 0.4) is 0 Å². The summed E-state index contributed by atoms with van der Waals surface area (Å²) in [5, 5.41) is 3.28. The van der Waals surface area contributed by atoms with E-state index in [1.54, 1.807) is 6.07 Å². The third-order valence-corrected chi connectivity index (χ3v) is 4.88. The molecule has 27 heavy (non-hydrogen) atoms. The summed E-state index contributed by atoms with van der Waals surface area (Å²) in [7, 11) is 0. The normalized spacial score (nSPS) is 14.9. The molecule has 1 fully saturated rings. The van der Waals surface area contributed by atoms with Crippen LogP contribution in [0, 0.1) is 0 Å². The maximum Gasteiger partial charge on any atom is 0.272 e. The number of benzene rings is 1. The minimum atomic E-state index is -0.00614. The van der Waals surface area contributed by atoms with Crippen LogP contribution in [0.2, 0.25) is 0 Å². The number of unbranched alkanes of at least 4 members (excludes halogenated alkanes) is 2. The van der Waals surface area contributed by atoms with Crippen molar-refractivity contribution in [3.05, 3.63) is 54.0 Å². The lowest BCUT2D eigenvalue weighted by Gasteiger charge is -2.34. The summed E-state index contributed by atoms with van der Waals surface area (Å²) >= 11 is 0. The van der Waals surface area contributed by atoms with Gasteiger partial charge in [0.05, 0.1) is 0 Å². The lowest BCUT2D eigenvalue weighted by molar-refractivity contribution is 0.0622. The van der Waals surface area contributed by atoms with Crippen molar-refractivity contribution in [3.8, 4) is 0 Å². The van der Waals surface area contributed by atoms with Gasteiger partial charge >= 0.3 is 0 Å². The van der Waals surface area contributed by atoms with Crippen LogP contribution in [0.4, 0.5) is 5.82 Å². The highest BCUT2D eigenvalue weighted by Gasteiger charge is 2.23. The van der Waals surface area contributed by atoms with Crippen LogP contribution >= 0.6 is 0 Å². The topological polar surface area (TPSA) is 61.4 Å². The first-order valence-corrected chi connectivity index (χ1v) is 9.87. The summed E-state index contributed by atoms with van der Waals surface area (Å²) in [4.78, 5) is 25.5. The Kier molecular flexibility index (Phi) is 7.16. The molecule has 1 N–H and O–H groups in total. The number of rotatable bonds is 8. The summed E-state index contributed by atoms with van der Waals surface area (Å²) in [6.07, 6.45) is 4.96. The number of hydrogen-bond acceptors (Lipinski definition) is 5. The van der Waals surface area contributed by atoms with Gasteiger partial charge in [0.25, 0.3) is 5.91 Å². The fraction of sp³-hybridized carbons (Fsp3) is 0.476. The molecule has 1 aromatic carbocycles. The average Bonchev–Trinajstić information content (AvgIpc) is 2.72. The molecule has 1 amide bonds. The first-order valence-electron chi connectivity index (χ1n) is 9.87. The fourth-order valence-corrected chi connectivity index (χ4v) is 3.28. The largest absolute Gasteiger partial charge is 0.370 e. The molecule has 0 bridgehead atoms. The monoisotopic (exact) mass is 367 g/mol. The third-order valence-electron chi connectivity index (χ3n) is 4.88. The van der Waals surface area contributed by atoms with Crippen LogP contribution in [-0.4, -0.2) is 58.4 Å². The van der Waals surface area contributed by atoms with E-state index in [2.05, 4.69) is 51.4 Å². The smallest absolute Gasteiger partial charge is 0.272 e. The molecule has 0 unspecified atom stereocenters. The maximum atomic E-state index is 12.8. The molecule has 0 spiro atoms. The van der Waals surface area contributed by atoms with E-state index in [-0.39, 0.29) is 5.91 Å². The van der Waals surface area contributed by atoms with Crippen LogP contribution in [0.1, 0.15) is 42.2 Å². The lowest BCUT2D eigenvalue weighted by atomic mass is 10.2. The number of nitrogens with one attached hydrogen (secondary N) is 1. The van der Waals surface area contributed by atoms with E-state index >= 15 is 0 Å². The van der Waals surface area contributed by atoms with Gasteiger partial charge in [0.1, 0.15) is 17.8 Å². The van der Waals surface area contributed by atoms with E-state index < -0.39 is 0 Å². The van der Waals surface area contributed by atoms with E-state index in [0.29, 0.717) is 5.69 Å². The molecular formula is C21H29N5O. The van der Waals surface area contributed by atoms with Crippen molar-refractivity contribution in [2.45, 2.75) is 32.7 Å². The quantitative estimate of drug-likeness (QED) is 0.727. The molecule has 0 atom stereocenters. The average molecular weight is 367 g/mol. The Bertz CT molecular complexity index is 714. The Morgan fingerprint density at radius 2 is 1.85 bits per heavy atom. The molecule has 0 saturated carbocycles. The van der Waals surface area contributed by atoms with Crippen molar-refractivity contribution >= 4 is 11.7 Å². The second-order valence-corrected chi connectivity index (χ2v) is 6.98. The SMILES string of the molecule is CCCCCNc1cc(C(=O)N2CCN(Cc3ccccc3)CC2)ncn1. The molecule has 1 aliphatic heterocycles. The Balaban J connectivity index is 1.50. The molecule has 2 heterocycles. The minimum absolute atomic E-state index is 0.00614. The number of aromatic nitrogens is 2. The number of amides is 1. The number of hydrogen-bond donors (Lipinski definition) is 1. The molecule has 144 valence electrons. The van der Waals surface area contributed by atoms with Crippen molar-refractivity contribution < 1.29 is 4.79 Å². The number of nitrogens with zero attached hydrogens (tertiary/aromatic N) is 4. The molecule has 6 nitrogen and oxygen atoms in total. The fourth-order valence-electron chi connectivity index (χ4n) is 3.28. The lowest BCUT2D eigenvalue weighted by Crippen LogP contribution is -2.48. The number of piperazine rings is 1. The van der Waals surface area contributed by atoms with Crippen molar-refractivity contribution in [3.63, 3.8) is 0 Å². The van der Waals surface area contributed by atoms with Crippen LogP contribution in [-0.2, 0) is 6.54 Å². The minimum Gasteiger partial charge on any atom is -0.370 e. The van der Waals surface area contributed by atoms with Crippen molar-refractivity contribution in [2.24, 2.45) is 0 Å². The molecule has 3 rings (SSSR count). The zero-order valence-electron chi connectivity index (χ0n) is 16.1. The predicted octanol–water partition coefficient (Wildman–Crippen LogP) is 3.04. The van der Waals surface area contributed by atoms with Gasteiger partial charge in [-0.3, -0.25) is 9.69 Å². The van der Waals surface area contributed by atoms with Crippen LogP contribution in [0.15, 0.2) is 42.7 Å². The molecule has 1 aliphatic rings. The Labute approximate surface area is 161 Å². The van der Waals surface area contributed by atoms with Crippen molar-refractivity contribution in [2.75, 3.05) is 38.0 Å². The number of carbonyl (C=O) groups is 1. The van der Waals surface area contributed by atoms with Crippen LogP contribution < -0.4 is 5.32 Å². The van der Waals surface area contributed by atoms with Crippen LogP contribution in [0.25, 0.3) is 0 Å². The van der Waals surface area contributed by atoms with E-state index in [0.717, 1.165) is 51.5 Å². The Morgan fingerprint density at radius 3 is 2.59 bits per heavy atom. The van der Waals surface area contributed by atoms with Gasteiger partial charge in [-0.2, -0.15) is 0 Å². The predicted molar refractivity (Wildman–Crippen MR) is 108 cm³/mol. The van der Waals surface area contributed by atoms with E-state index in [1.807, 2.05) is 11.0 Å². The first-order chi connectivity index (χ1) is 13.3. The van der Waals surface area contributed by atoms with E-state index in [9.17, 15) is 4.79 Å². The van der Waals surface area contributed by atoms with Gasteiger partial charge in [-0.1, -0.05) is 50.1 Å². The second-order valence-electron chi connectivity index (χ2n) is 6.98. The summed E-state index contributed by atoms with van der Waals surface area (Å²) in [5.74, 6) is 0.723. The standard InChI is InChI=1S/C21H29N5O/c1-2-3-7-10-22-20-15-19(23-17-24-20)21(27)26-13-11-25(12-14-26)16-18-8-5-4-6-9-18/h4-6,8-9,15,17H,2-3,7,10-14,16H2,1H3,(H,22,23,24). The summed E-state index contributed by atoms with van der Waals surface area (Å²) in [6, 6.07) is 12.2. The molecule has 2 aromatic rings. The first kappa shape index (κ1) is 19.3. The summed E-state index contributed by atoms with van der Waals surface area (Å²) in [6.45, 7) is 7.21.